The van der Waals surface area contributed by atoms with E-state index in [0.29, 0.717) is 10.9 Å². The van der Waals surface area contributed by atoms with Gasteiger partial charge in [0.1, 0.15) is 5.69 Å². The number of nitrogens with zero attached hydrogens (tertiary/aromatic N) is 2. The van der Waals surface area contributed by atoms with Crippen molar-refractivity contribution in [3.8, 4) is 0 Å². The molecule has 19 heavy (non-hydrogen) atoms. The van der Waals surface area contributed by atoms with Crippen LogP contribution >= 0.6 is 22.9 Å². The van der Waals surface area contributed by atoms with Crippen LogP contribution in [0.25, 0.3) is 0 Å². The van der Waals surface area contributed by atoms with Crippen molar-refractivity contribution in [2.45, 2.75) is 6.54 Å². The molecule has 0 aliphatic heterocycles. The Kier molecular flexibility index (Phi) is 4.01. The first-order chi connectivity index (χ1) is 8.99. The SMILES string of the molecule is CN(Cc1ccc(Cl)s1)c1cccc(F)c1[N+](=O)[O-]. The van der Waals surface area contributed by atoms with Crippen LogP contribution in [0, 0.1) is 15.9 Å². The quantitative estimate of drug-likeness (QED) is 0.631. The number of anilines is 1. The Morgan fingerprint density at radius 1 is 1.42 bits per heavy atom. The highest BCUT2D eigenvalue weighted by atomic mass is 35.5. The lowest BCUT2D eigenvalue weighted by Crippen LogP contribution is -2.17. The second kappa shape index (κ2) is 5.54. The second-order valence-corrected chi connectivity index (χ2v) is 5.73. The number of nitro benzene ring substituents is 1. The molecule has 0 unspecified atom stereocenters. The monoisotopic (exact) mass is 300 g/mol. The standard InChI is InChI=1S/C12H10ClFN2O2S/c1-15(7-8-5-6-11(13)19-8)10-4-2-3-9(14)12(10)16(17)18/h2-6H,7H2,1H3. The Morgan fingerprint density at radius 2 is 2.16 bits per heavy atom. The fourth-order valence-corrected chi connectivity index (χ4v) is 2.89. The third-order valence-corrected chi connectivity index (χ3v) is 3.80. The van der Waals surface area contributed by atoms with Crippen molar-refractivity contribution >= 4 is 34.3 Å². The molecule has 1 aromatic heterocycles. The highest BCUT2D eigenvalue weighted by Gasteiger charge is 2.22. The summed E-state index contributed by atoms with van der Waals surface area (Å²) in [6, 6.07) is 7.66. The predicted molar refractivity (Wildman–Crippen MR) is 74.5 cm³/mol. The summed E-state index contributed by atoms with van der Waals surface area (Å²) in [6.07, 6.45) is 0. The fourth-order valence-electron chi connectivity index (χ4n) is 1.75. The van der Waals surface area contributed by atoms with Crippen molar-refractivity contribution in [3.63, 3.8) is 0 Å². The van der Waals surface area contributed by atoms with Crippen LogP contribution in [0.1, 0.15) is 4.88 Å². The molecule has 0 radical (unpaired) electrons. The lowest BCUT2D eigenvalue weighted by molar-refractivity contribution is -0.386. The van der Waals surface area contributed by atoms with Gasteiger partial charge >= 0.3 is 5.69 Å². The Hall–Kier alpha value is -1.66. The minimum atomic E-state index is -0.835. The molecule has 0 saturated carbocycles. The minimum Gasteiger partial charge on any atom is -0.364 e. The van der Waals surface area contributed by atoms with Crippen molar-refractivity contribution in [2.24, 2.45) is 0 Å². The molecule has 0 spiro atoms. The van der Waals surface area contributed by atoms with Gasteiger partial charge in [0.15, 0.2) is 0 Å². The topological polar surface area (TPSA) is 46.4 Å². The van der Waals surface area contributed by atoms with Gasteiger partial charge in [-0.25, -0.2) is 0 Å². The highest BCUT2D eigenvalue weighted by Crippen LogP contribution is 2.32. The van der Waals surface area contributed by atoms with E-state index in [1.807, 2.05) is 6.07 Å². The van der Waals surface area contributed by atoms with Gasteiger partial charge in [0.25, 0.3) is 0 Å². The largest absolute Gasteiger partial charge is 0.364 e. The number of hydrogen-bond donors (Lipinski definition) is 0. The number of halogens is 2. The molecule has 0 atom stereocenters. The molecular formula is C12H10ClFN2O2S. The van der Waals surface area contributed by atoms with Gasteiger partial charge in [-0.3, -0.25) is 10.1 Å². The molecule has 0 amide bonds. The number of benzene rings is 1. The number of thiophene rings is 1. The van der Waals surface area contributed by atoms with Gasteiger partial charge in [0.05, 0.1) is 15.8 Å². The maximum atomic E-state index is 13.5. The summed E-state index contributed by atoms with van der Waals surface area (Å²) in [6.45, 7) is 0.432. The molecule has 1 heterocycles. The first kappa shape index (κ1) is 13.8. The summed E-state index contributed by atoms with van der Waals surface area (Å²) in [5, 5.41) is 10.9. The molecule has 0 bridgehead atoms. The van der Waals surface area contributed by atoms with Crippen LogP contribution in [0.2, 0.25) is 4.34 Å². The van der Waals surface area contributed by atoms with Gasteiger partial charge < -0.3 is 4.90 Å². The maximum Gasteiger partial charge on any atom is 0.327 e. The highest BCUT2D eigenvalue weighted by molar-refractivity contribution is 7.16. The molecule has 2 aromatic rings. The minimum absolute atomic E-state index is 0.245. The Bertz CT molecular complexity index is 618. The number of nitro groups is 1. The van der Waals surface area contributed by atoms with E-state index in [4.69, 9.17) is 11.6 Å². The lowest BCUT2D eigenvalue weighted by Gasteiger charge is -2.18. The lowest BCUT2D eigenvalue weighted by atomic mass is 10.2. The summed E-state index contributed by atoms with van der Waals surface area (Å²) < 4.78 is 14.2. The summed E-state index contributed by atoms with van der Waals surface area (Å²) >= 11 is 7.22. The van der Waals surface area contributed by atoms with E-state index in [-0.39, 0.29) is 5.69 Å². The van der Waals surface area contributed by atoms with Crippen molar-refractivity contribution in [3.05, 3.63) is 55.5 Å². The van der Waals surface area contributed by atoms with Crippen molar-refractivity contribution < 1.29 is 9.31 Å². The molecule has 0 aliphatic carbocycles. The molecule has 0 saturated heterocycles. The maximum absolute atomic E-state index is 13.5. The third kappa shape index (κ3) is 3.02. The van der Waals surface area contributed by atoms with E-state index in [1.54, 1.807) is 18.0 Å². The van der Waals surface area contributed by atoms with Crippen LogP contribution in [-0.2, 0) is 6.54 Å². The summed E-state index contributed by atoms with van der Waals surface area (Å²) in [4.78, 5) is 12.8. The number of rotatable bonds is 4. The second-order valence-electron chi connectivity index (χ2n) is 3.93. The van der Waals surface area contributed by atoms with Gasteiger partial charge in [-0.15, -0.1) is 11.3 Å². The fraction of sp³-hybridized carbons (Fsp3) is 0.167. The van der Waals surface area contributed by atoms with Crippen molar-refractivity contribution in [1.82, 2.24) is 0 Å². The average molecular weight is 301 g/mol. The van der Waals surface area contributed by atoms with E-state index >= 15 is 0 Å². The first-order valence-electron chi connectivity index (χ1n) is 5.37. The Labute approximate surface area is 118 Å². The van der Waals surface area contributed by atoms with E-state index in [0.717, 1.165) is 10.9 Å². The molecule has 2 rings (SSSR count). The molecule has 100 valence electrons. The van der Waals surface area contributed by atoms with Gasteiger partial charge in [-0.2, -0.15) is 4.39 Å². The number of hydrogen-bond acceptors (Lipinski definition) is 4. The number of para-hydroxylation sites is 1. The molecule has 0 N–H and O–H groups in total. The average Bonchev–Trinajstić information content (AvgIpc) is 2.73. The third-order valence-electron chi connectivity index (χ3n) is 2.58. The van der Waals surface area contributed by atoms with Crippen LogP contribution in [0.15, 0.2) is 30.3 Å². The normalized spacial score (nSPS) is 10.5. The zero-order valence-corrected chi connectivity index (χ0v) is 11.5. The summed E-state index contributed by atoms with van der Waals surface area (Å²) in [7, 11) is 1.68. The molecular weight excluding hydrogens is 291 g/mol. The van der Waals surface area contributed by atoms with Gasteiger partial charge in [-0.1, -0.05) is 17.7 Å². The molecule has 0 fully saturated rings. The van der Waals surface area contributed by atoms with Crippen molar-refractivity contribution in [1.29, 1.82) is 0 Å². The van der Waals surface area contributed by atoms with Gasteiger partial charge in [-0.05, 0) is 24.3 Å². The summed E-state index contributed by atoms with van der Waals surface area (Å²) in [5.74, 6) is -0.835. The first-order valence-corrected chi connectivity index (χ1v) is 6.56. The smallest absolute Gasteiger partial charge is 0.327 e. The zero-order chi connectivity index (χ0) is 14.0. The summed E-state index contributed by atoms with van der Waals surface area (Å²) in [5.41, 5.74) is -0.262. The van der Waals surface area contributed by atoms with E-state index < -0.39 is 16.4 Å². The van der Waals surface area contributed by atoms with Crippen LogP contribution in [0.5, 0.6) is 0 Å². The molecule has 7 heteroatoms. The van der Waals surface area contributed by atoms with Crippen LogP contribution in [0.4, 0.5) is 15.8 Å². The van der Waals surface area contributed by atoms with Gasteiger partial charge in [0, 0.05) is 11.9 Å². The Morgan fingerprint density at radius 3 is 2.74 bits per heavy atom. The zero-order valence-electron chi connectivity index (χ0n) is 9.97. The van der Waals surface area contributed by atoms with E-state index in [1.165, 1.54) is 23.5 Å². The van der Waals surface area contributed by atoms with Crippen molar-refractivity contribution in [2.75, 3.05) is 11.9 Å². The van der Waals surface area contributed by atoms with Crippen LogP contribution < -0.4 is 4.90 Å². The molecule has 1 aromatic carbocycles. The van der Waals surface area contributed by atoms with Gasteiger partial charge in [0.2, 0.25) is 5.82 Å². The van der Waals surface area contributed by atoms with Crippen LogP contribution in [-0.4, -0.2) is 12.0 Å². The molecule has 0 aliphatic rings. The van der Waals surface area contributed by atoms with E-state index in [2.05, 4.69) is 0 Å². The molecule has 4 nitrogen and oxygen atoms in total. The van der Waals surface area contributed by atoms with E-state index in [9.17, 15) is 14.5 Å². The van der Waals surface area contributed by atoms with Crippen LogP contribution in [0.3, 0.4) is 0 Å². The predicted octanol–water partition coefficient (Wildman–Crippen LogP) is 4.09. The Balaban J connectivity index is 2.31.